The molecule has 0 bridgehead atoms. The van der Waals surface area contributed by atoms with Gasteiger partial charge < -0.3 is 15.8 Å². The molecule has 0 aromatic carbocycles. The maximum atomic E-state index is 11.7. The fraction of sp³-hybridized carbons (Fsp3) is 0.692. The third-order valence-corrected chi connectivity index (χ3v) is 2.56. The van der Waals surface area contributed by atoms with Gasteiger partial charge in [-0.25, -0.2) is 4.79 Å². The minimum Gasteiger partial charge on any atom is -0.444 e. The topological polar surface area (TPSA) is 82.2 Å². The number of hydrogen-bond donors (Lipinski definition) is 2. The number of ether oxygens (including phenoxy) is 1. The van der Waals surface area contributed by atoms with Crippen molar-refractivity contribution in [1.29, 1.82) is 0 Å². The molecule has 0 aliphatic heterocycles. The second kappa shape index (κ2) is 6.06. The van der Waals surface area contributed by atoms with E-state index in [1.807, 2.05) is 40.9 Å². The highest BCUT2D eigenvalue weighted by molar-refractivity contribution is 5.68. The molecule has 1 unspecified atom stereocenters. The van der Waals surface area contributed by atoms with Gasteiger partial charge in [0, 0.05) is 26.2 Å². The molecule has 1 heterocycles. The first-order valence-electron chi connectivity index (χ1n) is 6.40. The lowest BCUT2D eigenvalue weighted by molar-refractivity contribution is 0.0505. The van der Waals surface area contributed by atoms with Crippen molar-refractivity contribution in [3.05, 3.63) is 17.5 Å². The number of rotatable bonds is 4. The third-order valence-electron chi connectivity index (χ3n) is 2.56. The first-order chi connectivity index (χ1) is 8.71. The van der Waals surface area contributed by atoms with Crippen LogP contribution >= 0.6 is 0 Å². The molecule has 108 valence electrons. The molecule has 0 aliphatic carbocycles. The van der Waals surface area contributed by atoms with E-state index < -0.39 is 11.7 Å². The van der Waals surface area contributed by atoms with Gasteiger partial charge in [0.25, 0.3) is 0 Å². The molecule has 3 N–H and O–H groups in total. The van der Waals surface area contributed by atoms with Crippen molar-refractivity contribution in [3.63, 3.8) is 0 Å². The van der Waals surface area contributed by atoms with Crippen molar-refractivity contribution in [1.82, 2.24) is 15.1 Å². The molecule has 1 aromatic rings. The normalized spacial score (nSPS) is 13.2. The summed E-state index contributed by atoms with van der Waals surface area (Å²) < 4.78 is 6.97. The largest absolute Gasteiger partial charge is 0.444 e. The monoisotopic (exact) mass is 268 g/mol. The SMILES string of the molecule is Cc1cn(C)nc1CC(CN)NC(=O)OC(C)(C)C. The van der Waals surface area contributed by atoms with E-state index in [1.54, 1.807) is 4.68 Å². The Bertz CT molecular complexity index is 434. The molecule has 1 atom stereocenters. The van der Waals surface area contributed by atoms with Crippen LogP contribution in [0.5, 0.6) is 0 Å². The zero-order valence-electron chi connectivity index (χ0n) is 12.4. The van der Waals surface area contributed by atoms with E-state index in [-0.39, 0.29) is 6.04 Å². The number of aromatic nitrogens is 2. The fourth-order valence-electron chi connectivity index (χ4n) is 1.76. The highest BCUT2D eigenvalue weighted by atomic mass is 16.6. The van der Waals surface area contributed by atoms with Crippen LogP contribution in [-0.2, 0) is 18.2 Å². The Morgan fingerprint density at radius 3 is 2.63 bits per heavy atom. The van der Waals surface area contributed by atoms with E-state index >= 15 is 0 Å². The Morgan fingerprint density at radius 2 is 2.21 bits per heavy atom. The number of hydrogen-bond acceptors (Lipinski definition) is 4. The average molecular weight is 268 g/mol. The number of carbonyl (C=O) groups excluding carboxylic acids is 1. The summed E-state index contributed by atoms with van der Waals surface area (Å²) in [5, 5.41) is 7.12. The standard InChI is InChI=1S/C13H24N4O2/c1-9-8-17(5)16-11(9)6-10(7-14)15-12(18)19-13(2,3)4/h8,10H,6-7,14H2,1-5H3,(H,15,18). The van der Waals surface area contributed by atoms with Gasteiger partial charge >= 0.3 is 6.09 Å². The van der Waals surface area contributed by atoms with Gasteiger partial charge in [-0.05, 0) is 33.3 Å². The zero-order chi connectivity index (χ0) is 14.6. The summed E-state index contributed by atoms with van der Waals surface area (Å²) >= 11 is 0. The molecule has 1 aromatic heterocycles. The molecule has 6 heteroatoms. The van der Waals surface area contributed by atoms with Crippen LogP contribution in [0.3, 0.4) is 0 Å². The molecule has 0 radical (unpaired) electrons. The van der Waals surface area contributed by atoms with Crippen LogP contribution in [0, 0.1) is 6.92 Å². The molecule has 1 rings (SSSR count). The van der Waals surface area contributed by atoms with Crippen molar-refractivity contribution >= 4 is 6.09 Å². The van der Waals surface area contributed by atoms with Crippen molar-refractivity contribution in [2.75, 3.05) is 6.54 Å². The molecule has 6 nitrogen and oxygen atoms in total. The Labute approximate surface area is 114 Å². The number of alkyl carbamates (subject to hydrolysis) is 1. The number of carbonyl (C=O) groups is 1. The Kier molecular flexibility index (Phi) is 4.94. The summed E-state index contributed by atoms with van der Waals surface area (Å²) in [6.07, 6.45) is 2.09. The number of nitrogens with zero attached hydrogens (tertiary/aromatic N) is 2. The van der Waals surface area contributed by atoms with Gasteiger partial charge in [-0.15, -0.1) is 0 Å². The van der Waals surface area contributed by atoms with E-state index in [4.69, 9.17) is 10.5 Å². The van der Waals surface area contributed by atoms with Gasteiger partial charge in [-0.2, -0.15) is 5.10 Å². The highest BCUT2D eigenvalue weighted by Gasteiger charge is 2.20. The Hall–Kier alpha value is -1.56. The van der Waals surface area contributed by atoms with E-state index in [2.05, 4.69) is 10.4 Å². The first-order valence-corrected chi connectivity index (χ1v) is 6.40. The van der Waals surface area contributed by atoms with Crippen molar-refractivity contribution < 1.29 is 9.53 Å². The molecule has 0 spiro atoms. The molecule has 0 saturated carbocycles. The van der Waals surface area contributed by atoms with Gasteiger partial charge in [0.1, 0.15) is 5.60 Å². The molecule has 0 fully saturated rings. The summed E-state index contributed by atoms with van der Waals surface area (Å²) in [7, 11) is 1.87. The number of nitrogens with one attached hydrogen (secondary N) is 1. The van der Waals surface area contributed by atoms with Crippen LogP contribution in [0.4, 0.5) is 4.79 Å². The minimum atomic E-state index is -0.510. The fourth-order valence-corrected chi connectivity index (χ4v) is 1.76. The van der Waals surface area contributed by atoms with Crippen molar-refractivity contribution in [3.8, 4) is 0 Å². The van der Waals surface area contributed by atoms with Crippen molar-refractivity contribution in [2.24, 2.45) is 12.8 Å². The van der Waals surface area contributed by atoms with Gasteiger partial charge in [0.2, 0.25) is 0 Å². The summed E-state index contributed by atoms with van der Waals surface area (Å²) in [6, 6.07) is -0.177. The number of nitrogens with two attached hydrogens (primary N) is 1. The van der Waals surface area contributed by atoms with Gasteiger partial charge in [-0.1, -0.05) is 0 Å². The van der Waals surface area contributed by atoms with E-state index in [1.165, 1.54) is 0 Å². The van der Waals surface area contributed by atoms with Crippen LogP contribution in [0.1, 0.15) is 32.0 Å². The van der Waals surface area contributed by atoms with Crippen LogP contribution < -0.4 is 11.1 Å². The maximum Gasteiger partial charge on any atom is 0.407 e. The lowest BCUT2D eigenvalue weighted by atomic mass is 10.1. The summed E-state index contributed by atoms with van der Waals surface area (Å²) in [6.45, 7) is 7.81. The average Bonchev–Trinajstić information content (AvgIpc) is 2.53. The summed E-state index contributed by atoms with van der Waals surface area (Å²) in [5.41, 5.74) is 7.20. The molecular formula is C13H24N4O2. The van der Waals surface area contributed by atoms with Crippen LogP contribution in [0.2, 0.25) is 0 Å². The van der Waals surface area contributed by atoms with Gasteiger partial charge in [0.05, 0.1) is 11.7 Å². The van der Waals surface area contributed by atoms with E-state index in [9.17, 15) is 4.79 Å². The molecular weight excluding hydrogens is 244 g/mol. The summed E-state index contributed by atoms with van der Waals surface area (Å²) in [5.74, 6) is 0. The molecule has 0 aliphatic rings. The minimum absolute atomic E-state index is 0.177. The van der Waals surface area contributed by atoms with Crippen molar-refractivity contribution in [2.45, 2.75) is 45.8 Å². The quantitative estimate of drug-likeness (QED) is 0.857. The van der Waals surface area contributed by atoms with Crippen LogP contribution in [0.15, 0.2) is 6.20 Å². The number of aryl methyl sites for hydroxylation is 2. The van der Waals surface area contributed by atoms with Gasteiger partial charge in [0.15, 0.2) is 0 Å². The summed E-state index contributed by atoms with van der Waals surface area (Å²) in [4.78, 5) is 11.7. The van der Waals surface area contributed by atoms with E-state index in [0.717, 1.165) is 11.3 Å². The molecule has 19 heavy (non-hydrogen) atoms. The lowest BCUT2D eigenvalue weighted by Crippen LogP contribution is -2.44. The van der Waals surface area contributed by atoms with Crippen LogP contribution in [0.25, 0.3) is 0 Å². The van der Waals surface area contributed by atoms with Gasteiger partial charge in [-0.3, -0.25) is 4.68 Å². The number of amides is 1. The predicted octanol–water partition coefficient (Wildman–Crippen LogP) is 1.12. The molecule has 1 amide bonds. The van der Waals surface area contributed by atoms with Crippen LogP contribution in [-0.4, -0.2) is 34.1 Å². The lowest BCUT2D eigenvalue weighted by Gasteiger charge is -2.22. The second-order valence-corrected chi connectivity index (χ2v) is 5.72. The Balaban J connectivity index is 2.59. The zero-order valence-corrected chi connectivity index (χ0v) is 12.4. The maximum absolute atomic E-state index is 11.7. The smallest absolute Gasteiger partial charge is 0.407 e. The molecule has 0 saturated heterocycles. The third kappa shape index (κ3) is 5.30. The Morgan fingerprint density at radius 1 is 1.58 bits per heavy atom. The first kappa shape index (κ1) is 15.5. The highest BCUT2D eigenvalue weighted by Crippen LogP contribution is 2.09. The second-order valence-electron chi connectivity index (χ2n) is 5.72. The van der Waals surface area contributed by atoms with E-state index in [0.29, 0.717) is 13.0 Å². The predicted molar refractivity (Wildman–Crippen MR) is 73.9 cm³/mol.